The Labute approximate surface area is 129 Å². The Bertz CT molecular complexity index is 593. The normalized spacial score (nSPS) is 12.3. The Hall–Kier alpha value is -2.40. The number of hydrogen-bond acceptors (Lipinski definition) is 4. The molecule has 2 aromatic rings. The molecule has 2 rings (SSSR count). The van der Waals surface area contributed by atoms with E-state index in [1.165, 1.54) is 0 Å². The van der Waals surface area contributed by atoms with Gasteiger partial charge in [-0.3, -0.25) is 0 Å². The van der Waals surface area contributed by atoms with E-state index in [-0.39, 0.29) is 6.61 Å². The maximum absolute atomic E-state index is 12.5. The highest BCUT2D eigenvalue weighted by molar-refractivity contribution is 5.70. The zero-order chi connectivity index (χ0) is 15.8. The summed E-state index contributed by atoms with van der Waals surface area (Å²) in [4.78, 5) is 4.09. The molecule has 1 atom stereocenters. The monoisotopic (exact) mass is 302 g/mol. The first-order valence-corrected chi connectivity index (χ1v) is 7.00. The van der Waals surface area contributed by atoms with Crippen LogP contribution in [-0.2, 0) is 0 Å². The van der Waals surface area contributed by atoms with Crippen molar-refractivity contribution in [2.24, 2.45) is 0 Å². The van der Waals surface area contributed by atoms with Crippen molar-refractivity contribution in [2.75, 3.05) is 25.6 Å². The minimum Gasteiger partial charge on any atom is -0.469 e. The van der Waals surface area contributed by atoms with Gasteiger partial charge in [0, 0.05) is 25.0 Å². The van der Waals surface area contributed by atoms with E-state index in [9.17, 15) is 4.39 Å². The van der Waals surface area contributed by atoms with Crippen molar-refractivity contribution in [2.45, 2.75) is 6.10 Å². The van der Waals surface area contributed by atoms with Crippen LogP contribution in [0.15, 0.2) is 42.6 Å². The van der Waals surface area contributed by atoms with E-state index in [0.717, 1.165) is 16.8 Å². The quantitative estimate of drug-likeness (QED) is 0.825. The van der Waals surface area contributed by atoms with Gasteiger partial charge in [0.1, 0.15) is 6.67 Å². The highest BCUT2D eigenvalue weighted by Crippen LogP contribution is 2.14. The average Bonchev–Trinajstić information content (AvgIpc) is 2.59. The third kappa shape index (κ3) is 4.56. The summed E-state index contributed by atoms with van der Waals surface area (Å²) in [7, 11) is 1.88. The first-order valence-electron chi connectivity index (χ1n) is 7.00. The van der Waals surface area contributed by atoms with E-state index in [1.807, 2.05) is 49.5 Å². The molecule has 0 saturated carbocycles. The number of anilines is 1. The third-order valence-electron chi connectivity index (χ3n) is 3.09. The maximum Gasteiger partial charge on any atom is 0.213 e. The second kappa shape index (κ2) is 8.14. The summed E-state index contributed by atoms with van der Waals surface area (Å²) in [5.41, 5.74) is 3.05. The molecule has 0 amide bonds. The van der Waals surface area contributed by atoms with Gasteiger partial charge in [-0.2, -0.15) is 0 Å². The smallest absolute Gasteiger partial charge is 0.213 e. The topological polar surface area (TPSA) is 54.4 Å². The van der Waals surface area contributed by atoms with Crippen molar-refractivity contribution < 1.29 is 14.2 Å². The second-order valence-corrected chi connectivity index (χ2v) is 4.71. The number of pyridine rings is 1. The molecule has 1 heterocycles. The van der Waals surface area contributed by atoms with E-state index in [0.29, 0.717) is 5.88 Å². The summed E-state index contributed by atoms with van der Waals surface area (Å²) in [6.07, 6.45) is 4.69. The van der Waals surface area contributed by atoms with Gasteiger partial charge in [0.15, 0.2) is 6.10 Å². The molecule has 1 aromatic heterocycles. The van der Waals surface area contributed by atoms with E-state index in [2.05, 4.69) is 10.3 Å². The van der Waals surface area contributed by atoms with Crippen molar-refractivity contribution >= 4 is 17.8 Å². The molecule has 5 heteroatoms. The number of nitrogens with zero attached hydrogens (tertiary/aromatic N) is 1. The van der Waals surface area contributed by atoms with Gasteiger partial charge in [-0.05, 0) is 29.3 Å². The fraction of sp³-hybridized carbons (Fsp3) is 0.235. The van der Waals surface area contributed by atoms with Crippen LogP contribution in [0.4, 0.5) is 10.1 Å². The van der Waals surface area contributed by atoms with Crippen LogP contribution in [0.1, 0.15) is 11.1 Å². The number of aromatic nitrogens is 1. The molecule has 0 spiro atoms. The van der Waals surface area contributed by atoms with Crippen LogP contribution in [0.5, 0.6) is 5.88 Å². The molecule has 2 N–H and O–H groups in total. The largest absolute Gasteiger partial charge is 0.469 e. The predicted molar refractivity (Wildman–Crippen MR) is 86.6 cm³/mol. The average molecular weight is 302 g/mol. The second-order valence-electron chi connectivity index (χ2n) is 4.71. The van der Waals surface area contributed by atoms with Crippen LogP contribution < -0.4 is 10.1 Å². The number of benzene rings is 1. The number of halogens is 1. The van der Waals surface area contributed by atoms with Crippen molar-refractivity contribution in [3.05, 3.63) is 53.7 Å². The number of rotatable bonds is 7. The fourth-order valence-electron chi connectivity index (χ4n) is 1.80. The Morgan fingerprint density at radius 2 is 1.86 bits per heavy atom. The van der Waals surface area contributed by atoms with Crippen LogP contribution in [0.2, 0.25) is 0 Å². The molecule has 4 nitrogen and oxygen atoms in total. The van der Waals surface area contributed by atoms with E-state index < -0.39 is 12.8 Å². The first-order chi connectivity index (χ1) is 10.7. The van der Waals surface area contributed by atoms with Crippen molar-refractivity contribution in [1.29, 1.82) is 0 Å². The molecule has 0 aliphatic heterocycles. The zero-order valence-electron chi connectivity index (χ0n) is 12.4. The molecule has 116 valence electrons. The van der Waals surface area contributed by atoms with Crippen LogP contribution in [0.25, 0.3) is 12.2 Å². The van der Waals surface area contributed by atoms with Gasteiger partial charge in [0.2, 0.25) is 5.88 Å². The maximum atomic E-state index is 12.5. The number of aliphatic hydroxyl groups excluding tert-OH is 1. The van der Waals surface area contributed by atoms with Gasteiger partial charge in [-0.1, -0.05) is 24.3 Å². The van der Waals surface area contributed by atoms with Crippen molar-refractivity contribution in [1.82, 2.24) is 4.98 Å². The summed E-state index contributed by atoms with van der Waals surface area (Å²) in [5, 5.41) is 11.9. The number of ether oxygens (including phenoxy) is 1. The molecule has 0 radical (unpaired) electrons. The lowest BCUT2D eigenvalue weighted by Gasteiger charge is -2.11. The Morgan fingerprint density at radius 3 is 2.41 bits per heavy atom. The summed E-state index contributed by atoms with van der Waals surface area (Å²) in [5.74, 6) is 0.298. The van der Waals surface area contributed by atoms with Crippen LogP contribution in [0.3, 0.4) is 0 Å². The van der Waals surface area contributed by atoms with Gasteiger partial charge in [0.25, 0.3) is 0 Å². The number of aliphatic hydroxyl groups is 1. The first kappa shape index (κ1) is 16.0. The van der Waals surface area contributed by atoms with Crippen molar-refractivity contribution in [3.8, 4) is 5.88 Å². The molecule has 1 unspecified atom stereocenters. The lowest BCUT2D eigenvalue weighted by atomic mass is 10.1. The lowest BCUT2D eigenvalue weighted by Crippen LogP contribution is -2.23. The Kier molecular flexibility index (Phi) is 5.91. The molecular weight excluding hydrogens is 283 g/mol. The van der Waals surface area contributed by atoms with E-state index in [1.54, 1.807) is 12.3 Å². The van der Waals surface area contributed by atoms with Gasteiger partial charge >= 0.3 is 0 Å². The molecule has 1 aromatic carbocycles. The van der Waals surface area contributed by atoms with Crippen LogP contribution in [0, 0.1) is 0 Å². The number of alkyl halides is 1. The molecule has 0 fully saturated rings. The lowest BCUT2D eigenvalue weighted by molar-refractivity contribution is 0.0892. The molecular formula is C17H19FN2O2. The minimum absolute atomic E-state index is 0.298. The molecule has 22 heavy (non-hydrogen) atoms. The SMILES string of the molecule is CNc1ccc(C=Cc2ccc(OC(CO)CF)nc2)cc1. The summed E-state index contributed by atoms with van der Waals surface area (Å²) >= 11 is 0. The Balaban J connectivity index is 1.99. The number of nitrogens with one attached hydrogen (secondary N) is 1. The zero-order valence-corrected chi connectivity index (χ0v) is 12.4. The summed E-state index contributed by atoms with van der Waals surface area (Å²) < 4.78 is 17.6. The molecule has 0 aliphatic rings. The van der Waals surface area contributed by atoms with Crippen LogP contribution in [-0.4, -0.2) is 36.5 Å². The highest BCUT2D eigenvalue weighted by Gasteiger charge is 2.08. The fourth-order valence-corrected chi connectivity index (χ4v) is 1.80. The predicted octanol–water partition coefficient (Wildman–Crippen LogP) is 3.00. The number of hydrogen-bond donors (Lipinski definition) is 2. The molecule has 0 aliphatic carbocycles. The Morgan fingerprint density at radius 1 is 1.18 bits per heavy atom. The molecule has 0 bridgehead atoms. The standard InChI is InChI=1S/C17H19FN2O2/c1-19-15-7-4-13(5-8-15)2-3-14-6-9-17(20-11-14)22-16(10-18)12-21/h2-9,11,16,19,21H,10,12H2,1H3. The van der Waals surface area contributed by atoms with Crippen LogP contribution >= 0.6 is 0 Å². The van der Waals surface area contributed by atoms with Crippen molar-refractivity contribution in [3.63, 3.8) is 0 Å². The summed E-state index contributed by atoms with van der Waals surface area (Å²) in [6, 6.07) is 11.5. The third-order valence-corrected chi connectivity index (χ3v) is 3.09. The van der Waals surface area contributed by atoms with Gasteiger partial charge in [0.05, 0.1) is 6.61 Å². The van der Waals surface area contributed by atoms with Gasteiger partial charge in [-0.15, -0.1) is 0 Å². The van der Waals surface area contributed by atoms with Gasteiger partial charge < -0.3 is 15.2 Å². The van der Waals surface area contributed by atoms with E-state index in [4.69, 9.17) is 9.84 Å². The summed E-state index contributed by atoms with van der Waals surface area (Å²) in [6.45, 7) is -1.12. The molecule has 0 saturated heterocycles. The van der Waals surface area contributed by atoms with E-state index >= 15 is 0 Å². The van der Waals surface area contributed by atoms with Gasteiger partial charge in [-0.25, -0.2) is 9.37 Å². The highest BCUT2D eigenvalue weighted by atomic mass is 19.1. The minimum atomic E-state index is -0.861.